The van der Waals surface area contributed by atoms with Crippen LogP contribution in [-0.4, -0.2) is 82.5 Å². The Balaban J connectivity index is 3.46. The van der Waals surface area contributed by atoms with E-state index in [1.807, 2.05) is 27.7 Å². The molecule has 0 rings (SSSR count). The lowest BCUT2D eigenvalue weighted by atomic mass is 10.0. The largest absolute Gasteiger partial charge is 0.379 e. The third kappa shape index (κ3) is 18.9. The summed E-state index contributed by atoms with van der Waals surface area (Å²) in [5, 5.41) is 6.36. The number of carbonyl (C=O) groups is 1. The van der Waals surface area contributed by atoms with E-state index in [2.05, 4.69) is 33.7 Å². The lowest BCUT2D eigenvalue weighted by molar-refractivity contribution is -0.124. The van der Waals surface area contributed by atoms with Crippen LogP contribution in [0.25, 0.3) is 0 Å². The van der Waals surface area contributed by atoms with Crippen LogP contribution >= 0.6 is 9.24 Å². The fourth-order valence-corrected chi connectivity index (χ4v) is 2.78. The van der Waals surface area contributed by atoms with Crippen LogP contribution in [0.3, 0.4) is 0 Å². The highest BCUT2D eigenvalue weighted by molar-refractivity contribution is 7.17. The smallest absolute Gasteiger partial charge is 0.222 e. The van der Waals surface area contributed by atoms with E-state index in [1.165, 1.54) is 12.8 Å². The van der Waals surface area contributed by atoms with E-state index in [-0.39, 0.29) is 23.1 Å². The van der Waals surface area contributed by atoms with Gasteiger partial charge in [0.1, 0.15) is 0 Å². The molecule has 186 valence electrons. The Morgan fingerprint density at radius 2 is 1.39 bits per heavy atom. The van der Waals surface area contributed by atoms with Gasteiger partial charge in [0.25, 0.3) is 0 Å². The van der Waals surface area contributed by atoms with E-state index in [1.54, 1.807) is 0 Å². The molecule has 0 heterocycles. The van der Waals surface area contributed by atoms with Crippen molar-refractivity contribution in [1.29, 1.82) is 0 Å². The number of hydrogen-bond acceptors (Lipinski definition) is 6. The van der Waals surface area contributed by atoms with E-state index in [0.29, 0.717) is 52.2 Å². The van der Waals surface area contributed by atoms with E-state index in [0.717, 1.165) is 19.6 Å². The summed E-state index contributed by atoms with van der Waals surface area (Å²) in [6.45, 7) is 18.0. The first kappa shape index (κ1) is 30.7. The van der Waals surface area contributed by atoms with Gasteiger partial charge in [0, 0.05) is 30.8 Å². The van der Waals surface area contributed by atoms with Crippen molar-refractivity contribution in [1.82, 2.24) is 10.6 Å². The van der Waals surface area contributed by atoms with Gasteiger partial charge in [-0.05, 0) is 39.7 Å². The van der Waals surface area contributed by atoms with Crippen molar-refractivity contribution < 1.29 is 23.7 Å². The third-order valence-electron chi connectivity index (χ3n) is 4.88. The van der Waals surface area contributed by atoms with Crippen molar-refractivity contribution in [3.05, 3.63) is 0 Å². The minimum Gasteiger partial charge on any atom is -0.379 e. The van der Waals surface area contributed by atoms with Gasteiger partial charge >= 0.3 is 0 Å². The second-order valence-electron chi connectivity index (χ2n) is 8.96. The Morgan fingerprint density at radius 1 is 0.839 bits per heavy atom. The number of unbranched alkanes of at least 4 members (excludes halogenated alkanes) is 2. The molecule has 0 fully saturated rings. The zero-order valence-corrected chi connectivity index (χ0v) is 22.0. The maximum absolute atomic E-state index is 11.7. The maximum atomic E-state index is 11.7. The maximum Gasteiger partial charge on any atom is 0.222 e. The monoisotopic (exact) mass is 464 g/mol. The standard InChI is InChI=1S/C23H49N2O5P/c1-19(2)22(26)25-18-21(31)23(5,6)30-17-16-29-15-14-28-13-12-27-11-9-7-8-10-24-20(3)4/h19-21,24H,7-18,31H2,1-6H3,(H,25,26). The van der Waals surface area contributed by atoms with E-state index < -0.39 is 0 Å². The molecule has 0 aromatic rings. The average Bonchev–Trinajstić information content (AvgIpc) is 2.70. The molecule has 8 heteroatoms. The van der Waals surface area contributed by atoms with Crippen molar-refractivity contribution >= 4 is 15.1 Å². The molecule has 7 nitrogen and oxygen atoms in total. The molecule has 0 aromatic carbocycles. The van der Waals surface area contributed by atoms with Gasteiger partial charge in [-0.15, -0.1) is 9.24 Å². The fraction of sp³-hybridized carbons (Fsp3) is 0.957. The van der Waals surface area contributed by atoms with Crippen LogP contribution in [0.2, 0.25) is 0 Å². The molecule has 1 amide bonds. The van der Waals surface area contributed by atoms with Gasteiger partial charge in [-0.3, -0.25) is 4.79 Å². The molecule has 2 atom stereocenters. The van der Waals surface area contributed by atoms with Crippen LogP contribution in [0.4, 0.5) is 0 Å². The van der Waals surface area contributed by atoms with Crippen LogP contribution in [0, 0.1) is 5.92 Å². The Bertz CT molecular complexity index is 436. The fourth-order valence-electron chi connectivity index (χ4n) is 2.57. The van der Waals surface area contributed by atoms with Crippen molar-refractivity contribution in [2.45, 2.75) is 78.1 Å². The predicted octanol–water partition coefficient (Wildman–Crippen LogP) is 3.02. The molecule has 0 aromatic heterocycles. The van der Waals surface area contributed by atoms with Gasteiger partial charge in [-0.25, -0.2) is 0 Å². The topological polar surface area (TPSA) is 78.1 Å². The average molecular weight is 465 g/mol. The highest BCUT2D eigenvalue weighted by Gasteiger charge is 2.27. The molecule has 2 N–H and O–H groups in total. The van der Waals surface area contributed by atoms with Gasteiger partial charge in [-0.2, -0.15) is 0 Å². The number of hydrogen-bond donors (Lipinski definition) is 2. The summed E-state index contributed by atoms with van der Waals surface area (Å²) >= 11 is 0. The molecular formula is C23H49N2O5P. The summed E-state index contributed by atoms with van der Waals surface area (Å²) in [6, 6.07) is 0.564. The minimum atomic E-state index is -0.364. The summed E-state index contributed by atoms with van der Waals surface area (Å²) in [7, 11) is 2.76. The van der Waals surface area contributed by atoms with Crippen molar-refractivity contribution in [3.63, 3.8) is 0 Å². The summed E-state index contributed by atoms with van der Waals surface area (Å²) in [6.07, 6.45) is 3.49. The molecular weight excluding hydrogens is 415 g/mol. The first-order chi connectivity index (χ1) is 14.7. The van der Waals surface area contributed by atoms with Gasteiger partial charge in [0.05, 0.1) is 45.2 Å². The first-order valence-corrected chi connectivity index (χ1v) is 12.5. The molecule has 0 radical (unpaired) electrons. The molecule has 0 saturated carbocycles. The molecule has 2 unspecified atom stereocenters. The van der Waals surface area contributed by atoms with Gasteiger partial charge in [-0.1, -0.05) is 27.7 Å². The van der Waals surface area contributed by atoms with Crippen LogP contribution in [-0.2, 0) is 23.7 Å². The highest BCUT2D eigenvalue weighted by atomic mass is 31.0. The number of ether oxygens (including phenoxy) is 4. The van der Waals surface area contributed by atoms with Gasteiger partial charge in [0.2, 0.25) is 5.91 Å². The predicted molar refractivity (Wildman–Crippen MR) is 131 cm³/mol. The van der Waals surface area contributed by atoms with Crippen molar-refractivity contribution in [3.8, 4) is 0 Å². The lowest BCUT2D eigenvalue weighted by Gasteiger charge is -2.32. The summed E-state index contributed by atoms with van der Waals surface area (Å²) in [5.74, 6) is 0.0530. The Hall–Kier alpha value is -0.300. The summed E-state index contributed by atoms with van der Waals surface area (Å²) in [5.41, 5.74) is -0.243. The number of amides is 1. The van der Waals surface area contributed by atoms with E-state index in [9.17, 15) is 4.79 Å². The second-order valence-corrected chi connectivity index (χ2v) is 9.77. The molecule has 0 bridgehead atoms. The number of nitrogens with one attached hydrogen (secondary N) is 2. The lowest BCUT2D eigenvalue weighted by Crippen LogP contribution is -2.44. The molecule has 0 aliphatic heterocycles. The normalized spacial score (nSPS) is 13.2. The third-order valence-corrected chi connectivity index (χ3v) is 5.92. The quantitative estimate of drug-likeness (QED) is 0.201. The van der Waals surface area contributed by atoms with Crippen molar-refractivity contribution in [2.75, 3.05) is 59.3 Å². The van der Waals surface area contributed by atoms with Crippen LogP contribution in [0.15, 0.2) is 0 Å². The Kier molecular flexibility index (Phi) is 19.0. The SMILES string of the molecule is CC(C)NCCCCCOCCOCCOCCOC(C)(C)C(P)CNC(=O)C(C)C. The van der Waals surface area contributed by atoms with Crippen molar-refractivity contribution in [2.24, 2.45) is 5.92 Å². The van der Waals surface area contributed by atoms with Crippen LogP contribution in [0.1, 0.15) is 60.8 Å². The Labute approximate surface area is 193 Å². The van der Waals surface area contributed by atoms with Crippen LogP contribution in [0.5, 0.6) is 0 Å². The zero-order chi connectivity index (χ0) is 23.5. The molecule has 0 saturated heterocycles. The molecule has 31 heavy (non-hydrogen) atoms. The second kappa shape index (κ2) is 19.2. The zero-order valence-electron chi connectivity index (χ0n) is 20.8. The van der Waals surface area contributed by atoms with Crippen LogP contribution < -0.4 is 10.6 Å². The minimum absolute atomic E-state index is 0.00871. The van der Waals surface area contributed by atoms with E-state index >= 15 is 0 Å². The summed E-state index contributed by atoms with van der Waals surface area (Å²) in [4.78, 5) is 11.7. The first-order valence-electron chi connectivity index (χ1n) is 11.8. The number of carbonyl (C=O) groups excluding carboxylic acids is 1. The summed E-state index contributed by atoms with van der Waals surface area (Å²) < 4.78 is 22.6. The molecule has 0 aliphatic carbocycles. The van der Waals surface area contributed by atoms with Gasteiger partial charge in [0.15, 0.2) is 0 Å². The molecule has 0 spiro atoms. The highest BCUT2D eigenvalue weighted by Crippen LogP contribution is 2.21. The van der Waals surface area contributed by atoms with Gasteiger partial charge < -0.3 is 29.6 Å². The number of rotatable bonds is 21. The molecule has 0 aliphatic rings. The van der Waals surface area contributed by atoms with E-state index in [4.69, 9.17) is 18.9 Å². The Morgan fingerprint density at radius 3 is 1.94 bits per heavy atom.